The number of aromatic nitrogens is 1. The summed E-state index contributed by atoms with van der Waals surface area (Å²) in [6.07, 6.45) is 14.5. The second-order valence-electron chi connectivity index (χ2n) is 10.0. The second kappa shape index (κ2) is 7.85. The van der Waals surface area contributed by atoms with Crippen LogP contribution in [0.25, 0.3) is 45.3 Å². The minimum Gasteiger partial charge on any atom is -0.354 e. The summed E-state index contributed by atoms with van der Waals surface area (Å²) in [5, 5.41) is 1.24. The summed E-state index contributed by atoms with van der Waals surface area (Å²) in [6.45, 7) is 6.15. The Hall–Kier alpha value is -3.84. The molecule has 170 valence electrons. The van der Waals surface area contributed by atoms with Gasteiger partial charge in [0, 0.05) is 22.2 Å². The highest BCUT2D eigenvalue weighted by Gasteiger charge is 2.45. The van der Waals surface area contributed by atoms with Crippen LogP contribution < -0.4 is 0 Å². The van der Waals surface area contributed by atoms with E-state index in [9.17, 15) is 0 Å². The minimum absolute atomic E-state index is 0.682. The number of nitrogens with one attached hydrogen (secondary N) is 1. The molecule has 2 atom stereocenters. The van der Waals surface area contributed by atoms with E-state index in [2.05, 4.69) is 103 Å². The van der Waals surface area contributed by atoms with Crippen molar-refractivity contribution in [2.75, 3.05) is 0 Å². The maximum atomic E-state index is 4.09. The molecule has 35 heavy (non-hydrogen) atoms. The van der Waals surface area contributed by atoms with Crippen molar-refractivity contribution in [3.05, 3.63) is 119 Å². The van der Waals surface area contributed by atoms with Crippen molar-refractivity contribution in [3.8, 4) is 11.1 Å². The van der Waals surface area contributed by atoms with E-state index in [1.165, 1.54) is 56.3 Å². The summed E-state index contributed by atoms with van der Waals surface area (Å²) in [5.41, 5.74) is 14.8. The van der Waals surface area contributed by atoms with Crippen molar-refractivity contribution in [2.45, 2.75) is 38.0 Å². The van der Waals surface area contributed by atoms with Gasteiger partial charge in [0.05, 0.1) is 5.52 Å². The molecular weight excluding hydrogens is 422 g/mol. The standard InChI is InChI=1S/C34H29N/c1-3-10-33-22(4-2)28-15-9-16-29(34(28)35-33)24-12-6-5-11-23(24)21-17-18-27-25-13-7-8-14-26(25)31-20-32(31)30(27)19-21/h3-4,7-19,31-32,35H,2,5-6,20H2,1H3/b10-3-. The lowest BCUT2D eigenvalue weighted by atomic mass is 9.81. The third kappa shape index (κ3) is 3.08. The summed E-state index contributed by atoms with van der Waals surface area (Å²) in [6, 6.07) is 22.9. The minimum atomic E-state index is 0.682. The molecule has 3 aliphatic rings. The molecule has 1 nitrogen and oxygen atoms in total. The fourth-order valence-corrected chi connectivity index (χ4v) is 6.44. The number of H-pyrrole nitrogens is 1. The summed E-state index contributed by atoms with van der Waals surface area (Å²) in [7, 11) is 0. The summed E-state index contributed by atoms with van der Waals surface area (Å²) in [4.78, 5) is 3.70. The van der Waals surface area contributed by atoms with Crippen LogP contribution in [0.3, 0.4) is 0 Å². The van der Waals surface area contributed by atoms with Gasteiger partial charge in [0.2, 0.25) is 0 Å². The van der Waals surface area contributed by atoms with E-state index in [1.807, 2.05) is 6.08 Å². The van der Waals surface area contributed by atoms with Gasteiger partial charge < -0.3 is 4.98 Å². The zero-order valence-corrected chi connectivity index (χ0v) is 20.1. The van der Waals surface area contributed by atoms with E-state index in [1.54, 1.807) is 11.1 Å². The Morgan fingerprint density at radius 3 is 2.46 bits per heavy atom. The van der Waals surface area contributed by atoms with Crippen molar-refractivity contribution in [2.24, 2.45) is 0 Å². The molecule has 1 heteroatoms. The van der Waals surface area contributed by atoms with Crippen LogP contribution >= 0.6 is 0 Å². The molecule has 1 N–H and O–H groups in total. The van der Waals surface area contributed by atoms with Gasteiger partial charge in [0.1, 0.15) is 0 Å². The molecule has 7 rings (SSSR count). The first kappa shape index (κ1) is 20.5. The van der Waals surface area contributed by atoms with Gasteiger partial charge in [-0.15, -0.1) is 0 Å². The fourth-order valence-electron chi connectivity index (χ4n) is 6.44. The Bertz CT molecular complexity index is 1600. The first-order valence-electron chi connectivity index (χ1n) is 12.8. The van der Waals surface area contributed by atoms with Crippen LogP contribution in [0.5, 0.6) is 0 Å². The van der Waals surface area contributed by atoms with Crippen LogP contribution in [-0.4, -0.2) is 4.98 Å². The number of hydrogen-bond acceptors (Lipinski definition) is 0. The Morgan fingerprint density at radius 2 is 1.60 bits per heavy atom. The zero-order chi connectivity index (χ0) is 23.5. The van der Waals surface area contributed by atoms with E-state index in [-0.39, 0.29) is 0 Å². The van der Waals surface area contributed by atoms with Gasteiger partial charge in [-0.25, -0.2) is 0 Å². The molecule has 1 saturated carbocycles. The monoisotopic (exact) mass is 451 g/mol. The lowest BCUT2D eigenvalue weighted by Gasteiger charge is -2.23. The molecule has 0 saturated heterocycles. The van der Waals surface area contributed by atoms with Crippen LogP contribution in [0.1, 0.15) is 71.5 Å². The second-order valence-corrected chi connectivity index (χ2v) is 10.0. The van der Waals surface area contributed by atoms with Crippen molar-refractivity contribution < 1.29 is 0 Å². The molecule has 0 bridgehead atoms. The van der Waals surface area contributed by atoms with Crippen LogP contribution in [-0.2, 0) is 0 Å². The number of benzene rings is 3. The fraction of sp³-hybridized carbons (Fsp3) is 0.176. The molecule has 3 aromatic carbocycles. The van der Waals surface area contributed by atoms with Crippen LogP contribution in [0.15, 0.2) is 85.5 Å². The normalized spacial score (nSPS) is 20.1. The highest BCUT2D eigenvalue weighted by atomic mass is 14.7. The highest BCUT2D eigenvalue weighted by molar-refractivity contribution is 6.12. The number of hydrogen-bond donors (Lipinski definition) is 1. The van der Waals surface area contributed by atoms with E-state index >= 15 is 0 Å². The number of para-hydroxylation sites is 1. The lowest BCUT2D eigenvalue weighted by molar-refractivity contribution is 1.00. The van der Waals surface area contributed by atoms with Gasteiger partial charge >= 0.3 is 0 Å². The Balaban J connectivity index is 1.36. The van der Waals surface area contributed by atoms with E-state index in [0.717, 1.165) is 18.5 Å². The highest BCUT2D eigenvalue weighted by Crippen LogP contribution is 2.62. The van der Waals surface area contributed by atoms with Crippen LogP contribution in [0.4, 0.5) is 0 Å². The Kier molecular flexibility index (Phi) is 4.60. The third-order valence-corrected chi connectivity index (χ3v) is 8.09. The topological polar surface area (TPSA) is 15.8 Å². The van der Waals surface area contributed by atoms with Gasteiger partial charge in [0.15, 0.2) is 0 Å². The quantitative estimate of drug-likeness (QED) is 0.318. The number of allylic oxidation sites excluding steroid dienone is 5. The summed E-state index contributed by atoms with van der Waals surface area (Å²) >= 11 is 0. The van der Waals surface area contributed by atoms with Crippen LogP contribution in [0, 0.1) is 0 Å². The van der Waals surface area contributed by atoms with Crippen molar-refractivity contribution in [1.29, 1.82) is 0 Å². The SMILES string of the molecule is C=Cc1c(/C=C\C)[nH]c2c(C3=CCCC=C3c3ccc4c(c3)C3CC3c3ccccc3-4)cccc12. The number of rotatable bonds is 4. The predicted molar refractivity (Wildman–Crippen MR) is 150 cm³/mol. The maximum absolute atomic E-state index is 4.09. The summed E-state index contributed by atoms with van der Waals surface area (Å²) in [5.74, 6) is 1.39. The number of fused-ring (bicyclic) bond motifs is 7. The smallest absolute Gasteiger partial charge is 0.0544 e. The largest absolute Gasteiger partial charge is 0.354 e. The first-order chi connectivity index (χ1) is 17.3. The molecule has 0 spiro atoms. The van der Waals surface area contributed by atoms with Gasteiger partial charge in [-0.05, 0) is 83.1 Å². The molecule has 0 amide bonds. The van der Waals surface area contributed by atoms with Crippen molar-refractivity contribution in [3.63, 3.8) is 0 Å². The van der Waals surface area contributed by atoms with Crippen molar-refractivity contribution >= 4 is 34.2 Å². The first-order valence-corrected chi connectivity index (χ1v) is 12.8. The molecule has 4 aromatic rings. The average Bonchev–Trinajstić information content (AvgIpc) is 3.64. The molecule has 0 aliphatic heterocycles. The molecular formula is C34H29N. The van der Waals surface area contributed by atoms with E-state index in [0.29, 0.717) is 11.8 Å². The van der Waals surface area contributed by atoms with E-state index in [4.69, 9.17) is 0 Å². The third-order valence-electron chi connectivity index (χ3n) is 8.09. The molecule has 1 aromatic heterocycles. The predicted octanol–water partition coefficient (Wildman–Crippen LogP) is 9.36. The average molecular weight is 452 g/mol. The number of aromatic amines is 1. The van der Waals surface area contributed by atoms with Crippen molar-refractivity contribution in [1.82, 2.24) is 4.98 Å². The zero-order valence-electron chi connectivity index (χ0n) is 20.1. The van der Waals surface area contributed by atoms with Gasteiger partial charge in [-0.3, -0.25) is 0 Å². The van der Waals surface area contributed by atoms with Crippen LogP contribution in [0.2, 0.25) is 0 Å². The van der Waals surface area contributed by atoms with Gasteiger partial charge in [-0.2, -0.15) is 0 Å². The Morgan fingerprint density at radius 1 is 0.829 bits per heavy atom. The molecule has 2 unspecified atom stereocenters. The molecule has 0 radical (unpaired) electrons. The Labute approximate surface area is 207 Å². The molecule has 1 heterocycles. The molecule has 1 fully saturated rings. The molecule has 3 aliphatic carbocycles. The van der Waals surface area contributed by atoms with E-state index < -0.39 is 0 Å². The van der Waals surface area contributed by atoms with Gasteiger partial charge in [-0.1, -0.05) is 91.5 Å². The lowest BCUT2D eigenvalue weighted by Crippen LogP contribution is -2.02. The summed E-state index contributed by atoms with van der Waals surface area (Å²) < 4.78 is 0. The van der Waals surface area contributed by atoms with Gasteiger partial charge in [0.25, 0.3) is 0 Å². The maximum Gasteiger partial charge on any atom is 0.0544 e.